The standard InChI is InChI=1S/C17H26N2O/c1-10-9-19-15(11(2)17(10)20-4)8-16(18-3)14-6-12-5-13(12)7-14/h9,12-14,16,18H,5-8H2,1-4H3. The first-order chi connectivity index (χ1) is 9.63. The minimum absolute atomic E-state index is 0.557. The second-order valence-electron chi connectivity index (χ2n) is 6.63. The van der Waals surface area contributed by atoms with Gasteiger partial charge in [0.25, 0.3) is 0 Å². The molecule has 2 saturated carbocycles. The first-order valence-corrected chi connectivity index (χ1v) is 7.80. The number of hydrogen-bond donors (Lipinski definition) is 1. The molecule has 2 fully saturated rings. The zero-order valence-electron chi connectivity index (χ0n) is 13.1. The molecule has 0 spiro atoms. The Morgan fingerprint density at radius 3 is 2.60 bits per heavy atom. The molecule has 3 atom stereocenters. The van der Waals surface area contributed by atoms with Crippen molar-refractivity contribution in [3.8, 4) is 5.75 Å². The number of likely N-dealkylation sites (N-methyl/N-ethyl adjacent to an activating group) is 1. The predicted octanol–water partition coefficient (Wildman–Crippen LogP) is 2.88. The van der Waals surface area contributed by atoms with Crippen molar-refractivity contribution in [1.29, 1.82) is 0 Å². The van der Waals surface area contributed by atoms with Crippen LogP contribution in [0.2, 0.25) is 0 Å². The average Bonchev–Trinajstić information content (AvgIpc) is 3.05. The van der Waals surface area contributed by atoms with Crippen LogP contribution in [-0.2, 0) is 6.42 Å². The smallest absolute Gasteiger partial charge is 0.128 e. The van der Waals surface area contributed by atoms with Gasteiger partial charge in [0.05, 0.1) is 7.11 Å². The average molecular weight is 274 g/mol. The lowest BCUT2D eigenvalue weighted by molar-refractivity contribution is 0.345. The number of aryl methyl sites for hydroxylation is 1. The predicted molar refractivity (Wildman–Crippen MR) is 81.1 cm³/mol. The molecule has 1 aromatic rings. The maximum absolute atomic E-state index is 5.52. The minimum atomic E-state index is 0.557. The van der Waals surface area contributed by atoms with Gasteiger partial charge in [-0.2, -0.15) is 0 Å². The zero-order valence-corrected chi connectivity index (χ0v) is 13.1. The van der Waals surface area contributed by atoms with E-state index in [1.165, 1.54) is 30.5 Å². The maximum Gasteiger partial charge on any atom is 0.128 e. The molecule has 1 N–H and O–H groups in total. The van der Waals surface area contributed by atoms with Crippen LogP contribution in [0.3, 0.4) is 0 Å². The number of fused-ring (bicyclic) bond motifs is 1. The normalized spacial score (nSPS) is 29.1. The monoisotopic (exact) mass is 274 g/mol. The summed E-state index contributed by atoms with van der Waals surface area (Å²) in [6.07, 6.45) is 7.28. The van der Waals surface area contributed by atoms with Gasteiger partial charge in [-0.3, -0.25) is 4.98 Å². The number of pyridine rings is 1. The largest absolute Gasteiger partial charge is 0.496 e. The zero-order chi connectivity index (χ0) is 14.3. The van der Waals surface area contributed by atoms with Crippen molar-refractivity contribution in [1.82, 2.24) is 10.3 Å². The van der Waals surface area contributed by atoms with Crippen LogP contribution in [0.1, 0.15) is 36.1 Å². The van der Waals surface area contributed by atoms with E-state index in [0.29, 0.717) is 6.04 Å². The van der Waals surface area contributed by atoms with Crippen molar-refractivity contribution in [2.24, 2.45) is 17.8 Å². The molecule has 0 radical (unpaired) electrons. The maximum atomic E-state index is 5.52. The van der Waals surface area contributed by atoms with Crippen LogP contribution in [0.25, 0.3) is 0 Å². The highest BCUT2D eigenvalue weighted by atomic mass is 16.5. The van der Waals surface area contributed by atoms with E-state index < -0.39 is 0 Å². The second-order valence-corrected chi connectivity index (χ2v) is 6.63. The van der Waals surface area contributed by atoms with E-state index in [9.17, 15) is 0 Å². The SMILES string of the molecule is CNC(Cc1ncc(C)c(OC)c1C)C1CC2CC2C1. The van der Waals surface area contributed by atoms with Crippen molar-refractivity contribution in [3.05, 3.63) is 23.0 Å². The van der Waals surface area contributed by atoms with Crippen LogP contribution in [-0.4, -0.2) is 25.2 Å². The molecule has 2 aliphatic rings. The molecular weight excluding hydrogens is 248 g/mol. The van der Waals surface area contributed by atoms with Crippen LogP contribution < -0.4 is 10.1 Å². The van der Waals surface area contributed by atoms with Gasteiger partial charge in [-0.1, -0.05) is 0 Å². The number of methoxy groups -OCH3 is 1. The summed E-state index contributed by atoms with van der Waals surface area (Å²) in [6, 6.07) is 0.557. The Labute approximate surface area is 122 Å². The Kier molecular flexibility index (Phi) is 3.72. The molecule has 2 aliphatic carbocycles. The van der Waals surface area contributed by atoms with Crippen molar-refractivity contribution < 1.29 is 4.74 Å². The summed E-state index contributed by atoms with van der Waals surface area (Å²) in [5.41, 5.74) is 3.51. The number of nitrogens with one attached hydrogen (secondary N) is 1. The van der Waals surface area contributed by atoms with E-state index in [4.69, 9.17) is 4.74 Å². The van der Waals surface area contributed by atoms with E-state index in [1.807, 2.05) is 6.20 Å². The lowest BCUT2D eigenvalue weighted by atomic mass is 9.90. The van der Waals surface area contributed by atoms with Crippen LogP contribution >= 0.6 is 0 Å². The summed E-state index contributed by atoms with van der Waals surface area (Å²) in [5.74, 6) is 3.91. The molecule has 3 rings (SSSR count). The molecular formula is C17H26N2O. The first-order valence-electron chi connectivity index (χ1n) is 7.80. The van der Waals surface area contributed by atoms with Crippen molar-refractivity contribution in [2.75, 3.05) is 14.2 Å². The van der Waals surface area contributed by atoms with Crippen LogP contribution in [0.5, 0.6) is 5.75 Å². The Bertz CT molecular complexity index is 490. The summed E-state index contributed by atoms with van der Waals surface area (Å²) >= 11 is 0. The van der Waals surface area contributed by atoms with E-state index in [2.05, 4.69) is 31.2 Å². The van der Waals surface area contributed by atoms with Gasteiger partial charge in [0.2, 0.25) is 0 Å². The fourth-order valence-electron chi connectivity index (χ4n) is 4.08. The Balaban J connectivity index is 1.75. The van der Waals surface area contributed by atoms with Gasteiger partial charge in [0, 0.05) is 35.5 Å². The van der Waals surface area contributed by atoms with Crippen molar-refractivity contribution >= 4 is 0 Å². The van der Waals surface area contributed by atoms with E-state index in [0.717, 1.165) is 35.5 Å². The third-order valence-corrected chi connectivity index (χ3v) is 5.38. The van der Waals surface area contributed by atoms with E-state index >= 15 is 0 Å². The van der Waals surface area contributed by atoms with Crippen molar-refractivity contribution in [3.63, 3.8) is 0 Å². The third kappa shape index (κ3) is 2.44. The summed E-state index contributed by atoms with van der Waals surface area (Å²) in [7, 11) is 3.84. The fourth-order valence-corrected chi connectivity index (χ4v) is 4.08. The van der Waals surface area contributed by atoms with E-state index in [1.54, 1.807) is 7.11 Å². The summed E-state index contributed by atoms with van der Waals surface area (Å²) in [5, 5.41) is 3.53. The fraction of sp³-hybridized carbons (Fsp3) is 0.706. The van der Waals surface area contributed by atoms with Crippen molar-refractivity contribution in [2.45, 2.75) is 45.6 Å². The molecule has 0 amide bonds. The Morgan fingerprint density at radius 2 is 2.00 bits per heavy atom. The number of hydrogen-bond acceptors (Lipinski definition) is 3. The van der Waals surface area contributed by atoms with Crippen LogP contribution in [0, 0.1) is 31.6 Å². The quantitative estimate of drug-likeness (QED) is 0.896. The van der Waals surface area contributed by atoms with Gasteiger partial charge in [0.15, 0.2) is 0 Å². The second kappa shape index (κ2) is 5.36. The van der Waals surface area contributed by atoms with Gasteiger partial charge < -0.3 is 10.1 Å². The molecule has 110 valence electrons. The minimum Gasteiger partial charge on any atom is -0.496 e. The van der Waals surface area contributed by atoms with Crippen LogP contribution in [0.15, 0.2) is 6.20 Å². The lowest BCUT2D eigenvalue weighted by Crippen LogP contribution is -2.35. The lowest BCUT2D eigenvalue weighted by Gasteiger charge is -2.25. The summed E-state index contributed by atoms with van der Waals surface area (Å²) in [6.45, 7) is 4.19. The molecule has 20 heavy (non-hydrogen) atoms. The number of ether oxygens (including phenoxy) is 1. The highest BCUT2D eigenvalue weighted by molar-refractivity contribution is 5.41. The van der Waals surface area contributed by atoms with E-state index in [-0.39, 0.29) is 0 Å². The Hall–Kier alpha value is -1.09. The molecule has 3 unspecified atom stereocenters. The molecule has 0 bridgehead atoms. The van der Waals surface area contributed by atoms with Gasteiger partial charge in [-0.25, -0.2) is 0 Å². The molecule has 1 heterocycles. The molecule has 0 saturated heterocycles. The highest BCUT2D eigenvalue weighted by Gasteiger charge is 2.47. The third-order valence-electron chi connectivity index (χ3n) is 5.38. The van der Waals surface area contributed by atoms with Gasteiger partial charge in [-0.15, -0.1) is 0 Å². The van der Waals surface area contributed by atoms with Gasteiger partial charge >= 0.3 is 0 Å². The van der Waals surface area contributed by atoms with Crippen LogP contribution in [0.4, 0.5) is 0 Å². The molecule has 0 aromatic carbocycles. The number of rotatable bonds is 5. The van der Waals surface area contributed by atoms with Gasteiger partial charge in [-0.05, 0) is 57.9 Å². The highest BCUT2D eigenvalue weighted by Crippen LogP contribution is 2.55. The van der Waals surface area contributed by atoms with Gasteiger partial charge in [0.1, 0.15) is 5.75 Å². The number of aromatic nitrogens is 1. The number of nitrogens with zero attached hydrogens (tertiary/aromatic N) is 1. The first kappa shape index (κ1) is 13.9. The molecule has 0 aliphatic heterocycles. The molecule has 1 aromatic heterocycles. The molecule has 3 nitrogen and oxygen atoms in total. The molecule has 3 heteroatoms. The summed E-state index contributed by atoms with van der Waals surface area (Å²) < 4.78 is 5.52. The summed E-state index contributed by atoms with van der Waals surface area (Å²) in [4.78, 5) is 4.66. The topological polar surface area (TPSA) is 34.2 Å². The Morgan fingerprint density at radius 1 is 1.30 bits per heavy atom.